The summed E-state index contributed by atoms with van der Waals surface area (Å²) >= 11 is 0. The third-order valence-electron chi connectivity index (χ3n) is 8.67. The predicted octanol–water partition coefficient (Wildman–Crippen LogP) is 7.08. The normalized spacial score (nSPS) is 22.4. The average molecular weight is 671 g/mol. The first-order chi connectivity index (χ1) is 22.9. The number of esters is 1. The number of ether oxygens (including phenoxy) is 4. The molecule has 47 heavy (non-hydrogen) atoms. The minimum atomic E-state index is -1.53. The highest BCUT2D eigenvalue weighted by atomic mass is 16.7. The summed E-state index contributed by atoms with van der Waals surface area (Å²) in [6.45, 7) is 3.97. The van der Waals surface area contributed by atoms with Gasteiger partial charge in [-0.1, -0.05) is 128 Å². The number of carbonyl (C=O) groups is 1. The molecule has 0 aromatic rings. The molecule has 1 aliphatic rings. The van der Waals surface area contributed by atoms with Gasteiger partial charge in [-0.2, -0.15) is 0 Å². The first-order valence-corrected chi connectivity index (χ1v) is 18.9. The predicted molar refractivity (Wildman–Crippen MR) is 187 cm³/mol. The van der Waals surface area contributed by atoms with Crippen LogP contribution in [-0.2, 0) is 23.7 Å². The third-order valence-corrected chi connectivity index (χ3v) is 8.67. The number of unbranched alkanes of at least 4 members (excludes halogenated alkanes) is 17. The fraction of sp³-hybridized carbons (Fsp3) is 0.868. The van der Waals surface area contributed by atoms with Gasteiger partial charge >= 0.3 is 5.97 Å². The van der Waals surface area contributed by atoms with E-state index in [0.717, 1.165) is 19.3 Å². The molecule has 1 rings (SSSR count). The number of aliphatic hydroxyl groups excluding tert-OH is 4. The average Bonchev–Trinajstić information content (AvgIpc) is 3.08. The molecule has 0 saturated carbocycles. The van der Waals surface area contributed by atoms with Crippen LogP contribution in [0.5, 0.6) is 0 Å². The van der Waals surface area contributed by atoms with E-state index in [1.807, 2.05) is 0 Å². The van der Waals surface area contributed by atoms with Gasteiger partial charge in [-0.25, -0.2) is 0 Å². The summed E-state index contributed by atoms with van der Waals surface area (Å²) in [5.74, 6) is -0.402. The summed E-state index contributed by atoms with van der Waals surface area (Å²) in [4.78, 5) is 11.9. The highest BCUT2D eigenvalue weighted by molar-refractivity contribution is 5.69. The maximum absolute atomic E-state index is 11.9. The zero-order valence-electron chi connectivity index (χ0n) is 29.8. The van der Waals surface area contributed by atoms with Crippen molar-refractivity contribution in [2.45, 2.75) is 185 Å². The molecular formula is C38H70O9. The summed E-state index contributed by atoms with van der Waals surface area (Å²) in [5.41, 5.74) is 0. The van der Waals surface area contributed by atoms with Crippen molar-refractivity contribution < 1.29 is 44.2 Å². The van der Waals surface area contributed by atoms with Crippen LogP contribution in [0.25, 0.3) is 0 Å². The van der Waals surface area contributed by atoms with E-state index >= 15 is 0 Å². The van der Waals surface area contributed by atoms with Crippen molar-refractivity contribution >= 4 is 5.97 Å². The molecular weight excluding hydrogens is 600 g/mol. The molecule has 0 bridgehead atoms. The fourth-order valence-corrected chi connectivity index (χ4v) is 5.61. The van der Waals surface area contributed by atoms with Gasteiger partial charge in [-0.15, -0.1) is 0 Å². The molecule has 0 amide bonds. The largest absolute Gasteiger partial charge is 0.457 e. The van der Waals surface area contributed by atoms with Crippen molar-refractivity contribution in [1.29, 1.82) is 0 Å². The van der Waals surface area contributed by atoms with E-state index < -0.39 is 49.4 Å². The van der Waals surface area contributed by atoms with Gasteiger partial charge in [0.05, 0.1) is 19.8 Å². The van der Waals surface area contributed by atoms with Crippen molar-refractivity contribution in [3.8, 4) is 0 Å². The van der Waals surface area contributed by atoms with Gasteiger partial charge in [0.25, 0.3) is 0 Å². The standard InChI is InChI=1S/C38H70O9/c1-3-5-6-7-8-9-10-11-12-13-14-15-16-17-18-19-20-21-22-23-24-25-26-27-28-44-30-32(46-34(40)4-2)31-45-38-37(43)36(42)35(41)33(29-39)47-38/h10-11,13-14,32-33,35-39,41-43H,3-9,12,15-31H2,1-2H3/b11-10-,14-13-. The van der Waals surface area contributed by atoms with Crippen LogP contribution in [0.1, 0.15) is 149 Å². The van der Waals surface area contributed by atoms with Gasteiger partial charge in [0.1, 0.15) is 30.5 Å². The van der Waals surface area contributed by atoms with Crippen LogP contribution in [0.3, 0.4) is 0 Å². The molecule has 1 heterocycles. The monoisotopic (exact) mass is 671 g/mol. The molecule has 0 radical (unpaired) electrons. The van der Waals surface area contributed by atoms with Crippen molar-refractivity contribution in [1.82, 2.24) is 0 Å². The Labute approximate surface area is 286 Å². The molecule has 0 spiro atoms. The Hall–Kier alpha value is -1.33. The molecule has 1 saturated heterocycles. The molecule has 6 unspecified atom stereocenters. The van der Waals surface area contributed by atoms with E-state index in [9.17, 15) is 25.2 Å². The SMILES string of the molecule is CCCCCCC/C=C\C/C=C\CCCCCCCCCCCCCCOCC(COC1OC(CO)C(O)C(O)C1O)OC(=O)CC. The summed E-state index contributed by atoms with van der Waals surface area (Å²) in [6, 6.07) is 0. The summed E-state index contributed by atoms with van der Waals surface area (Å²) in [6.07, 6.45) is 27.3. The lowest BCUT2D eigenvalue weighted by Crippen LogP contribution is -2.59. The van der Waals surface area contributed by atoms with E-state index in [1.54, 1.807) is 6.92 Å². The zero-order chi connectivity index (χ0) is 34.4. The van der Waals surface area contributed by atoms with Crippen molar-refractivity contribution in [3.63, 3.8) is 0 Å². The van der Waals surface area contributed by atoms with Crippen LogP contribution in [0.4, 0.5) is 0 Å². The number of allylic oxidation sites excluding steroid dienone is 4. The van der Waals surface area contributed by atoms with E-state index in [-0.39, 0.29) is 19.6 Å². The summed E-state index contributed by atoms with van der Waals surface area (Å²) in [5, 5.41) is 39.4. The van der Waals surface area contributed by atoms with E-state index in [4.69, 9.17) is 18.9 Å². The third kappa shape index (κ3) is 22.8. The van der Waals surface area contributed by atoms with E-state index in [2.05, 4.69) is 31.2 Å². The Morgan fingerprint density at radius 2 is 1.21 bits per heavy atom. The smallest absolute Gasteiger partial charge is 0.305 e. The number of hydrogen-bond donors (Lipinski definition) is 4. The summed E-state index contributed by atoms with van der Waals surface area (Å²) in [7, 11) is 0. The van der Waals surface area contributed by atoms with Crippen molar-refractivity contribution in [2.24, 2.45) is 0 Å². The van der Waals surface area contributed by atoms with Crippen LogP contribution in [0.2, 0.25) is 0 Å². The zero-order valence-corrected chi connectivity index (χ0v) is 29.8. The second-order valence-electron chi connectivity index (χ2n) is 13.0. The molecule has 1 aliphatic heterocycles. The molecule has 0 aromatic heterocycles. The number of aliphatic hydroxyl groups is 4. The fourth-order valence-electron chi connectivity index (χ4n) is 5.61. The maximum atomic E-state index is 11.9. The van der Waals surface area contributed by atoms with Crippen molar-refractivity contribution in [2.75, 3.05) is 26.4 Å². The van der Waals surface area contributed by atoms with Crippen LogP contribution < -0.4 is 0 Å². The highest BCUT2D eigenvalue weighted by Crippen LogP contribution is 2.22. The van der Waals surface area contributed by atoms with Crippen LogP contribution in [0, 0.1) is 0 Å². The number of hydrogen-bond acceptors (Lipinski definition) is 9. The maximum Gasteiger partial charge on any atom is 0.305 e. The number of rotatable bonds is 31. The molecule has 0 aromatic carbocycles. The summed E-state index contributed by atoms with van der Waals surface area (Å²) < 4.78 is 22.0. The van der Waals surface area contributed by atoms with E-state index in [1.165, 1.54) is 109 Å². The topological polar surface area (TPSA) is 135 Å². The van der Waals surface area contributed by atoms with Gasteiger partial charge in [0.15, 0.2) is 6.29 Å². The Morgan fingerprint density at radius 1 is 0.681 bits per heavy atom. The molecule has 4 N–H and O–H groups in total. The van der Waals surface area contributed by atoms with Gasteiger partial charge in [0.2, 0.25) is 0 Å². The second-order valence-corrected chi connectivity index (χ2v) is 13.0. The lowest BCUT2D eigenvalue weighted by atomic mass is 9.99. The van der Waals surface area contributed by atoms with Gasteiger partial charge < -0.3 is 39.4 Å². The first kappa shape index (κ1) is 43.7. The molecule has 6 atom stereocenters. The molecule has 0 aliphatic carbocycles. The second kappa shape index (κ2) is 30.7. The Morgan fingerprint density at radius 3 is 1.74 bits per heavy atom. The van der Waals surface area contributed by atoms with Crippen LogP contribution in [-0.4, -0.2) is 89.6 Å². The Kier molecular flexibility index (Phi) is 28.5. The minimum Gasteiger partial charge on any atom is -0.457 e. The van der Waals surface area contributed by atoms with Gasteiger partial charge in [0, 0.05) is 13.0 Å². The molecule has 276 valence electrons. The minimum absolute atomic E-state index is 0.122. The molecule has 9 heteroatoms. The van der Waals surface area contributed by atoms with Crippen molar-refractivity contribution in [3.05, 3.63) is 24.3 Å². The highest BCUT2D eigenvalue weighted by Gasteiger charge is 2.44. The molecule has 9 nitrogen and oxygen atoms in total. The van der Waals surface area contributed by atoms with Crippen LogP contribution >= 0.6 is 0 Å². The van der Waals surface area contributed by atoms with Crippen LogP contribution in [0.15, 0.2) is 24.3 Å². The number of carbonyl (C=O) groups excluding carboxylic acids is 1. The van der Waals surface area contributed by atoms with E-state index in [0.29, 0.717) is 6.61 Å². The lowest BCUT2D eigenvalue weighted by molar-refractivity contribution is -0.305. The quantitative estimate of drug-likeness (QED) is 0.0347. The van der Waals surface area contributed by atoms with Gasteiger partial charge in [-0.05, 0) is 38.5 Å². The van der Waals surface area contributed by atoms with Gasteiger partial charge in [-0.3, -0.25) is 4.79 Å². The molecule has 1 fully saturated rings. The Bertz CT molecular complexity index is 772. The first-order valence-electron chi connectivity index (χ1n) is 18.9. The lowest BCUT2D eigenvalue weighted by Gasteiger charge is -2.39. The Balaban J connectivity index is 1.97.